The first-order valence-electron chi connectivity index (χ1n) is 3.17. The summed E-state index contributed by atoms with van der Waals surface area (Å²) >= 11 is 0. The molecule has 1 rings (SSSR count). The Hall–Kier alpha value is -0.530. The highest BCUT2D eigenvalue weighted by molar-refractivity contribution is 5.66. The van der Waals surface area contributed by atoms with Crippen LogP contribution in [0.2, 0.25) is 0 Å². The molecule has 1 aliphatic carbocycles. The largest absolute Gasteiger partial charge is 0.459 e. The molecule has 0 aromatic carbocycles. The van der Waals surface area contributed by atoms with E-state index in [2.05, 4.69) is 6.92 Å². The molecule has 1 aliphatic rings. The molecular formula is C7H11O2. The summed E-state index contributed by atoms with van der Waals surface area (Å²) in [7, 11) is 0. The van der Waals surface area contributed by atoms with E-state index in [0.717, 1.165) is 19.3 Å². The van der Waals surface area contributed by atoms with Crippen LogP contribution in [-0.4, -0.2) is 11.6 Å². The van der Waals surface area contributed by atoms with Gasteiger partial charge in [-0.1, -0.05) is 0 Å². The third kappa shape index (κ3) is 1.44. The van der Waals surface area contributed by atoms with E-state index in [1.165, 1.54) is 6.92 Å². The molecule has 0 aromatic rings. The Bertz CT molecular complexity index is 125. The lowest BCUT2D eigenvalue weighted by Crippen LogP contribution is -2.38. The molecule has 0 aromatic heterocycles. The number of esters is 1. The molecule has 2 nitrogen and oxygen atoms in total. The zero-order valence-electron chi connectivity index (χ0n) is 5.64. The molecule has 1 radical (unpaired) electrons. The maximum absolute atomic E-state index is 10.4. The number of carbonyl (C=O) groups is 1. The van der Waals surface area contributed by atoms with Gasteiger partial charge in [-0.3, -0.25) is 4.79 Å². The van der Waals surface area contributed by atoms with Gasteiger partial charge in [0.25, 0.3) is 0 Å². The summed E-state index contributed by atoms with van der Waals surface area (Å²) in [5, 5.41) is 0. The van der Waals surface area contributed by atoms with Gasteiger partial charge in [0.2, 0.25) is 0 Å². The summed E-state index contributed by atoms with van der Waals surface area (Å²) in [6, 6.07) is 0. The van der Waals surface area contributed by atoms with Gasteiger partial charge in [-0.25, -0.2) is 0 Å². The molecule has 9 heavy (non-hydrogen) atoms. The van der Waals surface area contributed by atoms with E-state index in [0.29, 0.717) is 0 Å². The molecule has 0 saturated heterocycles. The fourth-order valence-electron chi connectivity index (χ4n) is 0.978. The Kier molecular flexibility index (Phi) is 1.47. The third-order valence-corrected chi connectivity index (χ3v) is 1.63. The molecule has 1 saturated carbocycles. The van der Waals surface area contributed by atoms with Gasteiger partial charge >= 0.3 is 5.97 Å². The fourth-order valence-corrected chi connectivity index (χ4v) is 0.978. The van der Waals surface area contributed by atoms with Crippen LogP contribution in [0.25, 0.3) is 0 Å². The summed E-state index contributed by atoms with van der Waals surface area (Å²) in [6.45, 7) is 5.19. The average molecular weight is 127 g/mol. The minimum Gasteiger partial charge on any atom is -0.459 e. The molecule has 0 bridgehead atoms. The maximum atomic E-state index is 10.4. The first-order chi connectivity index (χ1) is 4.12. The van der Waals surface area contributed by atoms with Gasteiger partial charge in [0.15, 0.2) is 0 Å². The van der Waals surface area contributed by atoms with Crippen LogP contribution in [-0.2, 0) is 9.53 Å². The molecule has 0 atom stereocenters. The zero-order valence-corrected chi connectivity index (χ0v) is 5.64. The van der Waals surface area contributed by atoms with E-state index in [1.54, 1.807) is 0 Å². The SMILES string of the molecule is [CH2]C1(OC(C)=O)CCC1. The number of ether oxygens (including phenoxy) is 1. The van der Waals surface area contributed by atoms with Crippen molar-refractivity contribution in [3.63, 3.8) is 0 Å². The minimum atomic E-state index is -0.355. The molecule has 2 heteroatoms. The van der Waals surface area contributed by atoms with Crippen molar-refractivity contribution in [1.82, 2.24) is 0 Å². The van der Waals surface area contributed by atoms with Crippen LogP contribution in [0.3, 0.4) is 0 Å². The van der Waals surface area contributed by atoms with E-state index < -0.39 is 0 Å². The average Bonchev–Trinajstić information content (AvgIpc) is 1.60. The summed E-state index contributed by atoms with van der Waals surface area (Å²) in [6.07, 6.45) is 2.98. The Labute approximate surface area is 55.2 Å². The maximum Gasteiger partial charge on any atom is 0.303 e. The van der Waals surface area contributed by atoms with Gasteiger partial charge in [-0.05, 0) is 26.2 Å². The first kappa shape index (κ1) is 6.59. The molecule has 0 spiro atoms. The van der Waals surface area contributed by atoms with E-state index in [-0.39, 0.29) is 11.6 Å². The van der Waals surface area contributed by atoms with Crippen molar-refractivity contribution in [1.29, 1.82) is 0 Å². The predicted molar refractivity (Wildman–Crippen MR) is 33.7 cm³/mol. The number of carbonyl (C=O) groups excluding carboxylic acids is 1. The molecule has 51 valence electrons. The highest BCUT2D eigenvalue weighted by Crippen LogP contribution is 2.34. The van der Waals surface area contributed by atoms with Crippen molar-refractivity contribution in [2.45, 2.75) is 31.8 Å². The molecule has 0 N–H and O–H groups in total. The molecule has 0 aliphatic heterocycles. The molecule has 0 amide bonds. The molecule has 0 unspecified atom stereocenters. The highest BCUT2D eigenvalue weighted by Gasteiger charge is 2.34. The van der Waals surface area contributed by atoms with Crippen LogP contribution in [0.15, 0.2) is 0 Å². The van der Waals surface area contributed by atoms with Gasteiger partial charge in [-0.2, -0.15) is 0 Å². The zero-order chi connectivity index (χ0) is 6.91. The predicted octanol–water partition coefficient (Wildman–Crippen LogP) is 1.31. The van der Waals surface area contributed by atoms with E-state index in [4.69, 9.17) is 4.74 Å². The summed E-state index contributed by atoms with van der Waals surface area (Å²) in [4.78, 5) is 10.4. The van der Waals surface area contributed by atoms with Gasteiger partial charge in [0.1, 0.15) is 5.60 Å². The van der Waals surface area contributed by atoms with E-state index in [1.807, 2.05) is 0 Å². The lowest BCUT2D eigenvalue weighted by Gasteiger charge is -2.36. The second-order valence-corrected chi connectivity index (χ2v) is 2.63. The van der Waals surface area contributed by atoms with Crippen molar-refractivity contribution in [3.8, 4) is 0 Å². The van der Waals surface area contributed by atoms with Crippen molar-refractivity contribution in [2.24, 2.45) is 0 Å². The smallest absolute Gasteiger partial charge is 0.303 e. The summed E-state index contributed by atoms with van der Waals surface area (Å²) in [5.74, 6) is -0.218. The normalized spacial score (nSPS) is 22.4. The van der Waals surface area contributed by atoms with Gasteiger partial charge in [-0.15, -0.1) is 0 Å². The topological polar surface area (TPSA) is 26.3 Å². The number of hydrogen-bond acceptors (Lipinski definition) is 2. The molecular weight excluding hydrogens is 116 g/mol. The molecule has 1 fully saturated rings. The van der Waals surface area contributed by atoms with Crippen molar-refractivity contribution >= 4 is 5.97 Å². The number of rotatable bonds is 1. The Morgan fingerprint density at radius 2 is 2.22 bits per heavy atom. The lowest BCUT2D eigenvalue weighted by molar-refractivity contribution is -0.159. The van der Waals surface area contributed by atoms with Crippen LogP contribution in [0.4, 0.5) is 0 Å². The van der Waals surface area contributed by atoms with Crippen molar-refractivity contribution in [3.05, 3.63) is 6.92 Å². The Balaban J connectivity index is 2.33. The van der Waals surface area contributed by atoms with Gasteiger partial charge in [0.05, 0.1) is 0 Å². The van der Waals surface area contributed by atoms with Crippen LogP contribution >= 0.6 is 0 Å². The van der Waals surface area contributed by atoms with Crippen molar-refractivity contribution < 1.29 is 9.53 Å². The second kappa shape index (κ2) is 2.01. The van der Waals surface area contributed by atoms with E-state index in [9.17, 15) is 4.79 Å². The highest BCUT2D eigenvalue weighted by atomic mass is 16.6. The fraction of sp³-hybridized carbons (Fsp3) is 0.714. The van der Waals surface area contributed by atoms with Crippen LogP contribution in [0.1, 0.15) is 26.2 Å². The Morgan fingerprint density at radius 3 is 2.33 bits per heavy atom. The summed E-state index contributed by atoms with van der Waals surface area (Å²) in [5.41, 5.74) is -0.355. The van der Waals surface area contributed by atoms with Crippen LogP contribution in [0.5, 0.6) is 0 Å². The van der Waals surface area contributed by atoms with Gasteiger partial charge in [0, 0.05) is 6.92 Å². The second-order valence-electron chi connectivity index (χ2n) is 2.63. The van der Waals surface area contributed by atoms with Gasteiger partial charge < -0.3 is 4.74 Å². The monoisotopic (exact) mass is 127 g/mol. The summed E-state index contributed by atoms with van der Waals surface area (Å²) < 4.78 is 4.92. The number of hydrogen-bond donors (Lipinski definition) is 0. The first-order valence-corrected chi connectivity index (χ1v) is 3.17. The van der Waals surface area contributed by atoms with Crippen LogP contribution in [0, 0.1) is 6.92 Å². The quantitative estimate of drug-likeness (QED) is 0.496. The van der Waals surface area contributed by atoms with Crippen LogP contribution < -0.4 is 0 Å². The standard InChI is InChI=1S/C7H11O2/c1-6(8)9-7(2)4-3-5-7/h2-5H2,1H3. The minimum absolute atomic E-state index is 0.218. The lowest BCUT2D eigenvalue weighted by atomic mass is 9.82. The van der Waals surface area contributed by atoms with Crippen molar-refractivity contribution in [2.75, 3.05) is 0 Å². The third-order valence-electron chi connectivity index (χ3n) is 1.63. The molecule has 0 heterocycles. The van der Waals surface area contributed by atoms with E-state index >= 15 is 0 Å². The Morgan fingerprint density at radius 1 is 1.67 bits per heavy atom.